The Morgan fingerprint density at radius 3 is 2.33 bits per heavy atom. The number of carbonyl (C=O) groups excluding carboxylic acids is 3. The molecule has 0 heterocycles. The Balaban J connectivity index is 3.32. The molecule has 0 fully saturated rings. The number of urea groups is 1. The topological polar surface area (TPSA) is 120 Å². The van der Waals surface area contributed by atoms with Crippen LogP contribution in [0.2, 0.25) is 0 Å². The van der Waals surface area contributed by atoms with E-state index in [-0.39, 0.29) is 5.97 Å². The quantitative estimate of drug-likeness (QED) is 0.256. The van der Waals surface area contributed by atoms with Crippen molar-refractivity contribution in [3.05, 3.63) is 0 Å². The zero-order valence-electron chi connectivity index (χ0n) is 12.3. The smallest absolute Gasteiger partial charge is 0.351 e. The highest BCUT2D eigenvalue weighted by Crippen LogP contribution is 2.07. The molecule has 0 aliphatic carbocycles. The molecule has 0 aromatic carbocycles. The Hall–Kier alpha value is -2.12. The van der Waals surface area contributed by atoms with Crippen LogP contribution >= 0.6 is 0 Å². The van der Waals surface area contributed by atoms with Crippen LogP contribution in [0.3, 0.4) is 0 Å². The minimum atomic E-state index is -0.841. The number of esters is 2. The largest absolute Gasteiger partial charge is 0.469 e. The van der Waals surface area contributed by atoms with E-state index in [0.717, 1.165) is 44.7 Å². The van der Waals surface area contributed by atoms with Crippen LogP contribution in [-0.2, 0) is 19.1 Å². The fourth-order valence-corrected chi connectivity index (χ4v) is 1.54. The van der Waals surface area contributed by atoms with Crippen LogP contribution in [0.4, 0.5) is 4.79 Å². The number of amides is 2. The molecule has 8 nitrogen and oxygen atoms in total. The van der Waals surface area contributed by atoms with Crippen molar-refractivity contribution in [1.82, 2.24) is 5.43 Å². The summed E-state index contributed by atoms with van der Waals surface area (Å²) >= 11 is 0. The van der Waals surface area contributed by atoms with Crippen molar-refractivity contribution in [2.45, 2.75) is 44.9 Å². The van der Waals surface area contributed by atoms with Gasteiger partial charge in [0.2, 0.25) is 0 Å². The average Bonchev–Trinajstić information content (AvgIpc) is 2.44. The van der Waals surface area contributed by atoms with Gasteiger partial charge in [0, 0.05) is 6.42 Å². The molecule has 0 atom stereocenters. The Kier molecular flexibility index (Phi) is 11.6. The van der Waals surface area contributed by atoms with Crippen LogP contribution in [0, 0.1) is 0 Å². The third-order valence-electron chi connectivity index (χ3n) is 2.59. The number of rotatable bonds is 11. The Morgan fingerprint density at radius 2 is 1.71 bits per heavy atom. The first-order valence-electron chi connectivity index (χ1n) is 6.88. The molecular formula is C13H23N3O5. The fraction of sp³-hybridized carbons (Fsp3) is 0.692. The van der Waals surface area contributed by atoms with Crippen LogP contribution in [-0.4, -0.2) is 37.9 Å². The molecule has 21 heavy (non-hydrogen) atoms. The molecular weight excluding hydrogens is 278 g/mol. The lowest BCUT2D eigenvalue weighted by molar-refractivity contribution is -0.140. The molecule has 0 unspecified atom stereocenters. The highest BCUT2D eigenvalue weighted by Gasteiger charge is 2.00. The molecule has 2 amide bonds. The maximum absolute atomic E-state index is 11.1. The monoisotopic (exact) mass is 301 g/mol. The van der Waals surface area contributed by atoms with E-state index < -0.39 is 12.0 Å². The van der Waals surface area contributed by atoms with Gasteiger partial charge in [-0.3, -0.25) is 4.79 Å². The van der Waals surface area contributed by atoms with Gasteiger partial charge in [-0.1, -0.05) is 25.7 Å². The second-order valence-corrected chi connectivity index (χ2v) is 4.35. The van der Waals surface area contributed by atoms with Crippen molar-refractivity contribution in [2.24, 2.45) is 10.8 Å². The summed E-state index contributed by atoms with van der Waals surface area (Å²) in [6, 6.07) is -0.841. The summed E-state index contributed by atoms with van der Waals surface area (Å²) in [6.45, 7) is 0.309. The van der Waals surface area contributed by atoms with Crippen LogP contribution < -0.4 is 11.2 Å². The van der Waals surface area contributed by atoms with Gasteiger partial charge in [-0.15, -0.1) is 0 Å². The van der Waals surface area contributed by atoms with Crippen molar-refractivity contribution in [3.63, 3.8) is 0 Å². The number of primary amides is 1. The SMILES string of the molecule is COC(=O)CCCCCCCCOC(=O)C=NNC(N)=O. The Bertz CT molecular complexity index is 358. The van der Waals surface area contributed by atoms with E-state index in [9.17, 15) is 14.4 Å². The van der Waals surface area contributed by atoms with Crippen LogP contribution in [0.1, 0.15) is 44.9 Å². The first-order valence-corrected chi connectivity index (χ1v) is 6.88. The van der Waals surface area contributed by atoms with E-state index in [2.05, 4.69) is 9.84 Å². The molecule has 0 radical (unpaired) electrons. The van der Waals surface area contributed by atoms with Gasteiger partial charge in [-0.05, 0) is 12.8 Å². The molecule has 0 aliphatic rings. The van der Waals surface area contributed by atoms with Crippen molar-refractivity contribution in [1.29, 1.82) is 0 Å². The lowest BCUT2D eigenvalue weighted by Gasteiger charge is -2.02. The number of nitrogens with two attached hydrogens (primary N) is 1. The number of nitrogens with one attached hydrogen (secondary N) is 1. The number of ether oxygens (including phenoxy) is 2. The summed E-state index contributed by atoms with van der Waals surface area (Å²) in [5.41, 5.74) is 6.64. The number of hydrogen-bond donors (Lipinski definition) is 2. The van der Waals surface area contributed by atoms with Gasteiger partial charge in [0.05, 0.1) is 13.7 Å². The van der Waals surface area contributed by atoms with E-state index >= 15 is 0 Å². The van der Waals surface area contributed by atoms with Gasteiger partial charge < -0.3 is 15.2 Å². The van der Waals surface area contributed by atoms with E-state index in [4.69, 9.17) is 10.5 Å². The van der Waals surface area contributed by atoms with Crippen molar-refractivity contribution in [3.8, 4) is 0 Å². The summed E-state index contributed by atoms with van der Waals surface area (Å²) in [7, 11) is 1.39. The van der Waals surface area contributed by atoms with E-state index in [0.29, 0.717) is 13.0 Å². The van der Waals surface area contributed by atoms with Gasteiger partial charge in [-0.2, -0.15) is 5.10 Å². The van der Waals surface area contributed by atoms with Gasteiger partial charge in [-0.25, -0.2) is 15.0 Å². The molecule has 0 aromatic heterocycles. The second-order valence-electron chi connectivity index (χ2n) is 4.35. The molecule has 0 saturated carbocycles. The standard InChI is InChI=1S/C13H23N3O5/c1-20-11(17)8-6-4-2-3-5-7-9-21-12(18)10-15-16-13(14)19/h10H,2-9H2,1H3,(H3,14,16,19). The minimum Gasteiger partial charge on any atom is -0.469 e. The average molecular weight is 301 g/mol. The number of methoxy groups -OCH3 is 1. The van der Waals surface area contributed by atoms with Gasteiger partial charge in [0.25, 0.3) is 0 Å². The Labute approximate surface area is 124 Å². The number of hydrazone groups is 1. The van der Waals surface area contributed by atoms with Gasteiger partial charge in [0.1, 0.15) is 6.21 Å². The predicted molar refractivity (Wildman–Crippen MR) is 76.5 cm³/mol. The number of hydrogen-bond acceptors (Lipinski definition) is 6. The third kappa shape index (κ3) is 14.1. The first-order chi connectivity index (χ1) is 10.1. The summed E-state index contributed by atoms with van der Waals surface area (Å²) in [5, 5.41) is 3.28. The molecule has 0 spiro atoms. The fourth-order valence-electron chi connectivity index (χ4n) is 1.54. The maximum atomic E-state index is 11.1. The lowest BCUT2D eigenvalue weighted by atomic mass is 10.1. The van der Waals surface area contributed by atoms with Crippen molar-refractivity contribution >= 4 is 24.2 Å². The number of unbranched alkanes of at least 4 members (excludes halogenated alkanes) is 5. The van der Waals surface area contributed by atoms with Gasteiger partial charge >= 0.3 is 18.0 Å². The highest BCUT2D eigenvalue weighted by atomic mass is 16.5. The molecule has 0 aliphatic heterocycles. The molecule has 8 heteroatoms. The summed E-state index contributed by atoms with van der Waals surface area (Å²) in [4.78, 5) is 32.2. The van der Waals surface area contributed by atoms with Crippen molar-refractivity contribution < 1.29 is 23.9 Å². The van der Waals surface area contributed by atoms with Crippen molar-refractivity contribution in [2.75, 3.05) is 13.7 Å². The van der Waals surface area contributed by atoms with Crippen LogP contribution in [0.15, 0.2) is 5.10 Å². The molecule has 3 N–H and O–H groups in total. The van der Waals surface area contributed by atoms with E-state index in [1.54, 1.807) is 0 Å². The maximum Gasteiger partial charge on any atom is 0.351 e. The minimum absolute atomic E-state index is 0.172. The molecule has 0 bridgehead atoms. The normalized spacial score (nSPS) is 10.3. The second kappa shape index (κ2) is 12.9. The molecule has 0 rings (SSSR count). The molecule has 0 aromatic rings. The zero-order valence-corrected chi connectivity index (χ0v) is 12.3. The summed E-state index contributed by atoms with van der Waals surface area (Å²) < 4.78 is 9.40. The summed E-state index contributed by atoms with van der Waals surface area (Å²) in [5.74, 6) is -0.795. The summed E-state index contributed by atoms with van der Waals surface area (Å²) in [6.07, 6.45) is 6.92. The lowest BCUT2D eigenvalue weighted by Crippen LogP contribution is -2.25. The third-order valence-corrected chi connectivity index (χ3v) is 2.59. The molecule has 0 saturated heterocycles. The highest BCUT2D eigenvalue weighted by molar-refractivity contribution is 6.23. The number of nitrogens with zero attached hydrogens (tertiary/aromatic N) is 1. The number of carbonyl (C=O) groups is 3. The van der Waals surface area contributed by atoms with E-state index in [1.165, 1.54) is 7.11 Å². The first kappa shape index (κ1) is 18.9. The Morgan fingerprint density at radius 1 is 1.10 bits per heavy atom. The van der Waals surface area contributed by atoms with Crippen LogP contribution in [0.25, 0.3) is 0 Å². The van der Waals surface area contributed by atoms with Crippen LogP contribution in [0.5, 0.6) is 0 Å². The molecule has 120 valence electrons. The zero-order chi connectivity index (χ0) is 15.9. The predicted octanol–water partition coefficient (Wildman–Crippen LogP) is 1.09. The van der Waals surface area contributed by atoms with E-state index in [1.807, 2.05) is 5.43 Å². The van der Waals surface area contributed by atoms with Gasteiger partial charge in [0.15, 0.2) is 0 Å².